The van der Waals surface area contributed by atoms with E-state index >= 15 is 0 Å². The zero-order valence-corrected chi connectivity index (χ0v) is 25.8. The number of nitrogens with zero attached hydrogens (tertiary/aromatic N) is 3. The average molecular weight is 619 g/mol. The van der Waals surface area contributed by atoms with Crippen LogP contribution in [-0.2, 0) is 0 Å². The van der Waals surface area contributed by atoms with E-state index in [0.29, 0.717) is 0 Å². The van der Waals surface area contributed by atoms with Crippen molar-refractivity contribution in [3.8, 4) is 11.4 Å². The van der Waals surface area contributed by atoms with Crippen molar-refractivity contribution in [2.24, 2.45) is 0 Å². The number of hydrogen-bond acceptors (Lipinski definition) is 3. The van der Waals surface area contributed by atoms with Crippen LogP contribution in [0.25, 0.3) is 66.3 Å². The highest BCUT2D eigenvalue weighted by atomic mass is 16.4. The van der Waals surface area contributed by atoms with Crippen LogP contribution in [0.5, 0.6) is 0 Å². The molecule has 5 nitrogen and oxygen atoms in total. The lowest BCUT2D eigenvalue weighted by molar-refractivity contribution is -0.595. The van der Waals surface area contributed by atoms with Crippen LogP contribution >= 0.6 is 0 Å². The molecule has 0 bridgehead atoms. The standard InChI is InChI=1S/C43H28N3O2/c1-3-11-29(12-4-1)44-25-23-31(24-26-44)45(33-19-21-36-41(28-33)48-42-35-16-8-10-18-40(35)47-43(36)42)32-20-22-39-37(27-32)34-15-7-9-17-38(34)46(39)30-13-5-2-6-14-30/h1-28H/q+1. The van der Waals surface area contributed by atoms with Gasteiger partial charge in [0, 0.05) is 58.2 Å². The quantitative estimate of drug-likeness (QED) is 0.180. The molecule has 0 aliphatic heterocycles. The monoisotopic (exact) mass is 618 g/mol. The van der Waals surface area contributed by atoms with E-state index in [1.54, 1.807) is 0 Å². The van der Waals surface area contributed by atoms with Crippen LogP contribution < -0.4 is 9.47 Å². The molecule has 4 aromatic heterocycles. The molecule has 0 amide bonds. The molecule has 4 heterocycles. The number of benzene rings is 6. The number of para-hydroxylation sites is 4. The summed E-state index contributed by atoms with van der Waals surface area (Å²) < 4.78 is 17.2. The molecule has 0 atom stereocenters. The minimum atomic E-state index is 0.781. The molecular formula is C43H28N3O2+. The van der Waals surface area contributed by atoms with Gasteiger partial charge in [-0.3, -0.25) is 0 Å². The molecule has 0 aliphatic rings. The van der Waals surface area contributed by atoms with Crippen LogP contribution in [0.4, 0.5) is 17.1 Å². The van der Waals surface area contributed by atoms with E-state index < -0.39 is 0 Å². The third-order valence-electron chi connectivity index (χ3n) is 9.28. The van der Waals surface area contributed by atoms with Crippen LogP contribution in [0, 0.1) is 0 Å². The van der Waals surface area contributed by atoms with Crippen molar-refractivity contribution in [3.05, 3.63) is 170 Å². The summed E-state index contributed by atoms with van der Waals surface area (Å²) >= 11 is 0. The maximum Gasteiger partial charge on any atom is 0.210 e. The Morgan fingerprint density at radius 3 is 1.85 bits per heavy atom. The fraction of sp³-hybridized carbons (Fsp3) is 0. The van der Waals surface area contributed by atoms with Gasteiger partial charge in [-0.2, -0.15) is 4.57 Å². The highest BCUT2D eigenvalue weighted by molar-refractivity contribution is 6.13. The minimum Gasteiger partial charge on any atom is -0.452 e. The Balaban J connectivity index is 1.18. The van der Waals surface area contributed by atoms with Gasteiger partial charge in [-0.25, -0.2) is 0 Å². The first-order chi connectivity index (χ1) is 23.8. The topological polar surface area (TPSA) is 38.3 Å². The van der Waals surface area contributed by atoms with E-state index in [4.69, 9.17) is 8.83 Å². The van der Waals surface area contributed by atoms with Gasteiger partial charge in [0.2, 0.25) is 5.69 Å². The van der Waals surface area contributed by atoms with Gasteiger partial charge in [-0.15, -0.1) is 0 Å². The van der Waals surface area contributed by atoms with Gasteiger partial charge in [0.05, 0.1) is 27.5 Å². The number of fused-ring (bicyclic) bond motifs is 8. The van der Waals surface area contributed by atoms with E-state index in [-0.39, 0.29) is 0 Å². The molecule has 0 radical (unpaired) electrons. The van der Waals surface area contributed by atoms with Crippen molar-refractivity contribution < 1.29 is 13.4 Å². The molecule has 226 valence electrons. The normalized spacial score (nSPS) is 11.8. The van der Waals surface area contributed by atoms with Crippen LogP contribution in [-0.4, -0.2) is 4.57 Å². The van der Waals surface area contributed by atoms with E-state index in [1.807, 2.05) is 30.3 Å². The summed E-state index contributed by atoms with van der Waals surface area (Å²) in [5, 5.41) is 4.34. The number of hydrogen-bond donors (Lipinski definition) is 0. The van der Waals surface area contributed by atoms with Gasteiger partial charge in [0.1, 0.15) is 11.2 Å². The Hall–Kier alpha value is -6.59. The van der Waals surface area contributed by atoms with Crippen molar-refractivity contribution in [2.75, 3.05) is 4.90 Å². The van der Waals surface area contributed by atoms with Gasteiger partial charge < -0.3 is 18.3 Å². The second-order valence-corrected chi connectivity index (χ2v) is 12.1. The van der Waals surface area contributed by atoms with E-state index in [2.05, 4.69) is 154 Å². The molecule has 48 heavy (non-hydrogen) atoms. The first-order valence-corrected chi connectivity index (χ1v) is 16.1. The van der Waals surface area contributed by atoms with Crippen LogP contribution in [0.3, 0.4) is 0 Å². The molecule has 0 N–H and O–H groups in total. The lowest BCUT2D eigenvalue weighted by atomic mass is 10.1. The van der Waals surface area contributed by atoms with Crippen molar-refractivity contribution in [3.63, 3.8) is 0 Å². The Morgan fingerprint density at radius 1 is 0.438 bits per heavy atom. The molecular weight excluding hydrogens is 590 g/mol. The molecule has 0 spiro atoms. The molecule has 0 aliphatic carbocycles. The number of pyridine rings is 1. The van der Waals surface area contributed by atoms with Gasteiger partial charge in [-0.05, 0) is 60.7 Å². The van der Waals surface area contributed by atoms with E-state index in [1.165, 1.54) is 16.3 Å². The fourth-order valence-corrected chi connectivity index (χ4v) is 7.07. The number of rotatable bonds is 5. The van der Waals surface area contributed by atoms with Crippen LogP contribution in [0.2, 0.25) is 0 Å². The number of aromatic nitrogens is 2. The molecule has 6 aromatic carbocycles. The maximum atomic E-state index is 6.50. The highest BCUT2D eigenvalue weighted by Gasteiger charge is 2.21. The average Bonchev–Trinajstić information content (AvgIpc) is 3.80. The largest absolute Gasteiger partial charge is 0.452 e. The summed E-state index contributed by atoms with van der Waals surface area (Å²) in [4.78, 5) is 2.30. The predicted octanol–water partition coefficient (Wildman–Crippen LogP) is 11.2. The van der Waals surface area contributed by atoms with Crippen molar-refractivity contribution in [1.82, 2.24) is 4.57 Å². The summed E-state index contributed by atoms with van der Waals surface area (Å²) in [5.74, 6) is 0. The summed E-state index contributed by atoms with van der Waals surface area (Å²) in [6, 6.07) is 55.1. The Labute approximate surface area is 275 Å². The molecule has 10 aromatic rings. The Morgan fingerprint density at radius 2 is 1.04 bits per heavy atom. The Bertz CT molecular complexity index is 2770. The smallest absolute Gasteiger partial charge is 0.210 e. The summed E-state index contributed by atoms with van der Waals surface area (Å²) in [5.41, 5.74) is 10.8. The minimum absolute atomic E-state index is 0.781. The summed E-state index contributed by atoms with van der Waals surface area (Å²) in [7, 11) is 0. The summed E-state index contributed by atoms with van der Waals surface area (Å²) in [6.45, 7) is 0. The maximum absolute atomic E-state index is 6.50. The Kier molecular flexibility index (Phi) is 5.81. The molecule has 0 saturated carbocycles. The third-order valence-corrected chi connectivity index (χ3v) is 9.28. The fourth-order valence-electron chi connectivity index (χ4n) is 7.07. The van der Waals surface area contributed by atoms with Crippen molar-refractivity contribution >= 4 is 72.0 Å². The zero-order valence-electron chi connectivity index (χ0n) is 25.8. The van der Waals surface area contributed by atoms with E-state index in [0.717, 1.165) is 67.1 Å². The molecule has 0 unspecified atom stereocenters. The lowest BCUT2D eigenvalue weighted by Gasteiger charge is -2.25. The number of furan rings is 2. The first kappa shape index (κ1) is 26.6. The van der Waals surface area contributed by atoms with E-state index in [9.17, 15) is 0 Å². The van der Waals surface area contributed by atoms with Gasteiger partial charge in [0.15, 0.2) is 23.6 Å². The second kappa shape index (κ2) is 10.5. The zero-order chi connectivity index (χ0) is 31.6. The van der Waals surface area contributed by atoms with Crippen LogP contribution in [0.15, 0.2) is 179 Å². The molecule has 10 rings (SSSR count). The number of anilines is 3. The molecule has 0 saturated heterocycles. The molecule has 0 fully saturated rings. The second-order valence-electron chi connectivity index (χ2n) is 12.1. The SMILES string of the molecule is c1ccc(-n2c3ccccc3c3cc(N(c4cc[n+](-c5ccccc5)cc4)c4ccc5c(c4)oc4c6ccccc6oc54)ccc32)cc1. The predicted molar refractivity (Wildman–Crippen MR) is 194 cm³/mol. The van der Waals surface area contributed by atoms with Gasteiger partial charge in [-0.1, -0.05) is 66.7 Å². The third kappa shape index (κ3) is 4.08. The molecule has 5 heteroatoms. The first-order valence-electron chi connectivity index (χ1n) is 16.1. The highest BCUT2D eigenvalue weighted by Crippen LogP contribution is 2.42. The van der Waals surface area contributed by atoms with Crippen molar-refractivity contribution in [2.45, 2.75) is 0 Å². The van der Waals surface area contributed by atoms with Gasteiger partial charge >= 0.3 is 0 Å². The van der Waals surface area contributed by atoms with Crippen LogP contribution in [0.1, 0.15) is 0 Å². The lowest BCUT2D eigenvalue weighted by Crippen LogP contribution is -2.29. The van der Waals surface area contributed by atoms with Crippen molar-refractivity contribution in [1.29, 1.82) is 0 Å². The van der Waals surface area contributed by atoms with Gasteiger partial charge in [0.25, 0.3) is 0 Å². The summed E-state index contributed by atoms with van der Waals surface area (Å²) in [6.07, 6.45) is 4.23.